The van der Waals surface area contributed by atoms with Crippen molar-refractivity contribution in [2.24, 2.45) is 0 Å². The van der Waals surface area contributed by atoms with Gasteiger partial charge in [-0.3, -0.25) is 0 Å². The minimum atomic E-state index is -0.365. The number of likely N-dealkylation sites (N-methyl/N-ethyl adjacent to an activating group) is 2. The second-order valence-electron chi connectivity index (χ2n) is 6.75. The molecule has 0 atom stereocenters. The minimum absolute atomic E-state index is 0.0751. The molecule has 3 aromatic rings. The molecule has 0 N–H and O–H groups in total. The Labute approximate surface area is 186 Å². The van der Waals surface area contributed by atoms with Gasteiger partial charge in [-0.05, 0) is 0 Å². The molecular weight excluding hydrogens is 461 g/mol. The van der Waals surface area contributed by atoms with Crippen molar-refractivity contribution in [2.45, 2.75) is 0 Å². The van der Waals surface area contributed by atoms with E-state index >= 15 is 0 Å². The third-order valence-electron chi connectivity index (χ3n) is 4.79. The number of hydrogen-bond donors (Lipinski definition) is 0. The van der Waals surface area contributed by atoms with E-state index in [9.17, 15) is 9.59 Å². The predicted octanol–water partition coefficient (Wildman–Crippen LogP) is 3.81. The summed E-state index contributed by atoms with van der Waals surface area (Å²) in [6.07, 6.45) is 1.71. The summed E-state index contributed by atoms with van der Waals surface area (Å²) in [4.78, 5) is 30.1. The van der Waals surface area contributed by atoms with E-state index in [-0.39, 0.29) is 37.0 Å². The van der Waals surface area contributed by atoms with Crippen LogP contribution in [0.25, 0.3) is 6.08 Å². The number of carbonyl (C=O) groups excluding carboxylic acids is 2. The molecular formula is C23H19N3O2SSe. The first-order chi connectivity index (χ1) is 14.5. The molecule has 0 saturated carbocycles. The van der Waals surface area contributed by atoms with Crippen molar-refractivity contribution in [3.8, 4) is 0 Å². The van der Waals surface area contributed by atoms with Gasteiger partial charge in [-0.15, -0.1) is 0 Å². The molecule has 2 heterocycles. The zero-order valence-corrected chi connectivity index (χ0v) is 19.0. The van der Waals surface area contributed by atoms with E-state index in [0.717, 1.165) is 20.4 Å². The zero-order valence-electron chi connectivity index (χ0n) is 16.5. The summed E-state index contributed by atoms with van der Waals surface area (Å²) in [5, 5.41) is 0.214. The molecule has 150 valence electrons. The first-order valence-electron chi connectivity index (χ1n) is 9.29. The van der Waals surface area contributed by atoms with Crippen LogP contribution in [-0.4, -0.2) is 55.3 Å². The van der Waals surface area contributed by atoms with Crippen molar-refractivity contribution < 1.29 is 9.59 Å². The predicted molar refractivity (Wildman–Crippen MR) is 124 cm³/mol. The summed E-state index contributed by atoms with van der Waals surface area (Å²) in [5.41, 5.74) is 2.27. The Morgan fingerprint density at radius 2 is 1.30 bits per heavy atom. The summed E-state index contributed by atoms with van der Waals surface area (Å²) >= 11 is 5.08. The molecule has 1 aliphatic rings. The Hall–Kier alpha value is -2.99. The van der Waals surface area contributed by atoms with Gasteiger partial charge in [0.25, 0.3) is 0 Å². The van der Waals surface area contributed by atoms with E-state index < -0.39 is 0 Å². The van der Waals surface area contributed by atoms with Crippen molar-refractivity contribution in [1.29, 1.82) is 0 Å². The van der Waals surface area contributed by atoms with Crippen LogP contribution in [0.4, 0.5) is 15.9 Å². The van der Waals surface area contributed by atoms with E-state index in [4.69, 9.17) is 12.2 Å². The monoisotopic (exact) mass is 481 g/mol. The fourth-order valence-corrected chi connectivity index (χ4v) is 5.46. The summed E-state index contributed by atoms with van der Waals surface area (Å²) in [5.74, 6) is -0.729. The second kappa shape index (κ2) is 8.40. The Bertz CT molecular complexity index is 1080. The van der Waals surface area contributed by atoms with Gasteiger partial charge in [0.1, 0.15) is 0 Å². The Kier molecular flexibility index (Phi) is 5.68. The summed E-state index contributed by atoms with van der Waals surface area (Å²) < 4.78 is 2.08. The number of anilines is 3. The Balaban J connectivity index is 1.73. The van der Waals surface area contributed by atoms with Crippen LogP contribution in [0.5, 0.6) is 0 Å². The van der Waals surface area contributed by atoms with Crippen molar-refractivity contribution in [3.63, 3.8) is 0 Å². The van der Waals surface area contributed by atoms with E-state index in [1.54, 1.807) is 20.2 Å². The quantitative estimate of drug-likeness (QED) is 0.247. The molecule has 1 aromatic heterocycles. The van der Waals surface area contributed by atoms with Crippen molar-refractivity contribution in [1.82, 2.24) is 9.80 Å². The molecule has 0 radical (unpaired) electrons. The van der Waals surface area contributed by atoms with Crippen LogP contribution in [0.3, 0.4) is 0 Å². The van der Waals surface area contributed by atoms with Gasteiger partial charge >= 0.3 is 187 Å². The molecule has 5 nitrogen and oxygen atoms in total. The Morgan fingerprint density at radius 1 is 0.800 bits per heavy atom. The van der Waals surface area contributed by atoms with Gasteiger partial charge in [-0.25, -0.2) is 0 Å². The van der Waals surface area contributed by atoms with Gasteiger partial charge < -0.3 is 0 Å². The van der Waals surface area contributed by atoms with E-state index in [2.05, 4.69) is 35.2 Å². The van der Waals surface area contributed by atoms with Gasteiger partial charge in [-0.1, -0.05) is 0 Å². The molecule has 4 rings (SSSR count). The number of nitrogens with zero attached hydrogens (tertiary/aromatic N) is 3. The molecule has 1 saturated heterocycles. The second-order valence-corrected chi connectivity index (χ2v) is 9.41. The summed E-state index contributed by atoms with van der Waals surface area (Å²) in [7, 11) is 3.18. The van der Waals surface area contributed by atoms with Crippen LogP contribution < -0.4 is 4.90 Å². The van der Waals surface area contributed by atoms with Crippen LogP contribution in [0.1, 0.15) is 4.44 Å². The molecule has 0 bridgehead atoms. The third-order valence-corrected chi connectivity index (χ3v) is 7.47. The fraction of sp³-hybridized carbons (Fsp3) is 0.0870. The number of rotatable bonds is 4. The van der Waals surface area contributed by atoms with Crippen LogP contribution in [0.2, 0.25) is 0 Å². The van der Waals surface area contributed by atoms with Gasteiger partial charge in [0, 0.05) is 0 Å². The first-order valence-corrected chi connectivity index (χ1v) is 11.4. The van der Waals surface area contributed by atoms with Crippen molar-refractivity contribution in [3.05, 3.63) is 82.8 Å². The van der Waals surface area contributed by atoms with Crippen LogP contribution in [-0.2, 0) is 9.59 Å². The maximum absolute atomic E-state index is 12.6. The number of carbonyl (C=O) groups is 2. The molecule has 2 amide bonds. The SMILES string of the molecule is CN1C(=O)C(=Cc2ccc(N(c3ccccc3)c3ccccc3)[se]2)C(=O)N(C)C1=S. The zero-order chi connectivity index (χ0) is 21.3. The average Bonchev–Trinajstić information content (AvgIpc) is 3.24. The summed E-state index contributed by atoms with van der Waals surface area (Å²) in [6.45, 7) is 0. The van der Waals surface area contributed by atoms with Gasteiger partial charge in [0.05, 0.1) is 0 Å². The number of benzene rings is 2. The van der Waals surface area contributed by atoms with E-state index in [0.29, 0.717) is 0 Å². The van der Waals surface area contributed by atoms with Gasteiger partial charge in [-0.2, -0.15) is 0 Å². The van der Waals surface area contributed by atoms with Crippen LogP contribution in [0, 0.1) is 0 Å². The fourth-order valence-electron chi connectivity index (χ4n) is 3.21. The van der Waals surface area contributed by atoms with Crippen molar-refractivity contribution in [2.75, 3.05) is 19.0 Å². The topological polar surface area (TPSA) is 43.9 Å². The third kappa shape index (κ3) is 3.75. The molecule has 30 heavy (non-hydrogen) atoms. The number of para-hydroxylation sites is 2. The maximum atomic E-state index is 12.6. The molecule has 2 aromatic carbocycles. The van der Waals surface area contributed by atoms with Crippen molar-refractivity contribution >= 4 is 65.7 Å². The standard InChI is InChI=1S/C23H19N3O2SSe/c1-24-21(27)19(22(28)25(2)23(24)29)15-18-13-14-20(30-18)26(16-9-5-3-6-10-16)17-11-7-4-8-12-17/h3-15H,1-2H3. The van der Waals surface area contributed by atoms with E-state index in [1.165, 1.54) is 9.80 Å². The molecule has 7 heteroatoms. The van der Waals surface area contributed by atoms with E-state index in [1.807, 2.05) is 42.5 Å². The number of thiocarbonyl (C=S) groups is 1. The average molecular weight is 480 g/mol. The van der Waals surface area contributed by atoms with Crippen LogP contribution >= 0.6 is 12.2 Å². The molecule has 0 unspecified atom stereocenters. The molecule has 0 spiro atoms. The van der Waals surface area contributed by atoms with Crippen LogP contribution in [0.15, 0.2) is 78.4 Å². The summed E-state index contributed by atoms with van der Waals surface area (Å²) in [6, 6.07) is 24.3. The number of hydrogen-bond acceptors (Lipinski definition) is 4. The number of amides is 2. The van der Waals surface area contributed by atoms with Gasteiger partial charge in [0.2, 0.25) is 0 Å². The molecule has 1 aliphatic heterocycles. The molecule has 0 aliphatic carbocycles. The molecule has 1 fully saturated rings. The van der Waals surface area contributed by atoms with Gasteiger partial charge in [0.15, 0.2) is 0 Å². The first kappa shape index (κ1) is 20.3. The Morgan fingerprint density at radius 3 is 1.80 bits per heavy atom. The normalized spacial score (nSPS) is 14.3.